The van der Waals surface area contributed by atoms with Crippen LogP contribution in [0.25, 0.3) is 0 Å². The summed E-state index contributed by atoms with van der Waals surface area (Å²) in [7, 11) is 0. The monoisotopic (exact) mass is 495 g/mol. The van der Waals surface area contributed by atoms with Crippen molar-refractivity contribution in [2.75, 3.05) is 18.0 Å². The number of benzene rings is 2. The van der Waals surface area contributed by atoms with Crippen LogP contribution in [0.2, 0.25) is 0 Å². The Hall–Kier alpha value is -2.93. The summed E-state index contributed by atoms with van der Waals surface area (Å²) in [6.07, 6.45) is 2.72. The van der Waals surface area contributed by atoms with Crippen molar-refractivity contribution in [3.63, 3.8) is 0 Å². The van der Waals surface area contributed by atoms with Gasteiger partial charge in [-0.25, -0.2) is 14.8 Å². The summed E-state index contributed by atoms with van der Waals surface area (Å²) in [4.78, 5) is 23.2. The molecule has 1 aliphatic rings. The molecule has 1 aromatic heterocycles. The molecule has 1 saturated heterocycles. The van der Waals surface area contributed by atoms with Crippen LogP contribution in [0.4, 0.5) is 5.69 Å². The van der Waals surface area contributed by atoms with Gasteiger partial charge in [0.15, 0.2) is 11.4 Å². The van der Waals surface area contributed by atoms with Gasteiger partial charge in [-0.05, 0) is 55.5 Å². The average Bonchev–Trinajstić information content (AvgIpc) is 2.80. The van der Waals surface area contributed by atoms with Crippen LogP contribution in [0, 0.1) is 12.8 Å². The van der Waals surface area contributed by atoms with Crippen LogP contribution in [0.1, 0.15) is 40.4 Å². The van der Waals surface area contributed by atoms with Gasteiger partial charge in [0, 0.05) is 29.7 Å². The summed E-state index contributed by atoms with van der Waals surface area (Å²) < 4.78 is 6.89. The number of hydrogen-bond acceptors (Lipinski definition) is 5. The minimum Gasteiger partial charge on any atom is -0.484 e. The summed E-state index contributed by atoms with van der Waals surface area (Å²) in [5.41, 5.74) is 2.70. The lowest BCUT2D eigenvalue weighted by Gasteiger charge is -2.33. The van der Waals surface area contributed by atoms with Gasteiger partial charge in [-0.1, -0.05) is 46.3 Å². The molecule has 0 atom stereocenters. The van der Waals surface area contributed by atoms with Crippen LogP contribution in [0.3, 0.4) is 0 Å². The van der Waals surface area contributed by atoms with Crippen LogP contribution in [-0.4, -0.2) is 34.1 Å². The molecular formula is C25H26BrN3O3. The number of piperidine rings is 1. The molecule has 3 aromatic rings. The van der Waals surface area contributed by atoms with E-state index in [1.165, 1.54) is 5.69 Å². The maximum Gasteiger partial charge on any atom is 0.358 e. The molecule has 0 saturated carbocycles. The summed E-state index contributed by atoms with van der Waals surface area (Å²) in [5, 5.41) is 9.72. The Morgan fingerprint density at radius 2 is 1.78 bits per heavy atom. The zero-order valence-electron chi connectivity index (χ0n) is 18.0. The lowest BCUT2D eigenvalue weighted by molar-refractivity contribution is 0.0683. The number of hydrogen-bond donors (Lipinski definition) is 1. The maximum absolute atomic E-state index is 11.9. The highest BCUT2D eigenvalue weighted by Crippen LogP contribution is 2.28. The molecule has 2 heterocycles. The molecule has 1 N–H and O–H groups in total. The largest absolute Gasteiger partial charge is 0.484 e. The number of carboxylic acids is 1. The zero-order chi connectivity index (χ0) is 22.5. The van der Waals surface area contributed by atoms with E-state index < -0.39 is 5.97 Å². The quantitative estimate of drug-likeness (QED) is 0.480. The summed E-state index contributed by atoms with van der Waals surface area (Å²) in [6, 6.07) is 18.0. The molecule has 32 heavy (non-hydrogen) atoms. The molecule has 0 unspecified atom stereocenters. The minimum absolute atomic E-state index is 0.0595. The Labute approximate surface area is 196 Å². The topological polar surface area (TPSA) is 75.6 Å². The Bertz CT molecular complexity index is 1070. The third-order valence-electron chi connectivity index (χ3n) is 5.79. The molecule has 0 aliphatic carbocycles. The molecule has 0 bridgehead atoms. The number of aromatic carboxylic acids is 1. The predicted octanol–water partition coefficient (Wildman–Crippen LogP) is 5.28. The second-order valence-electron chi connectivity index (χ2n) is 8.09. The molecule has 166 valence electrons. The SMILES string of the molecule is Cc1nc(CC2CCN(c3ccc(Br)cc3)CC2)nc(C(=O)O)c1OCc1ccccc1. The predicted molar refractivity (Wildman–Crippen MR) is 127 cm³/mol. The van der Waals surface area contributed by atoms with Gasteiger partial charge in [-0.2, -0.15) is 0 Å². The number of anilines is 1. The molecule has 1 aliphatic heterocycles. The number of ether oxygens (including phenoxy) is 1. The van der Waals surface area contributed by atoms with Crippen molar-refractivity contribution < 1.29 is 14.6 Å². The van der Waals surface area contributed by atoms with Gasteiger partial charge >= 0.3 is 5.97 Å². The van der Waals surface area contributed by atoms with E-state index in [9.17, 15) is 9.90 Å². The standard InChI is InChI=1S/C25H26BrN3O3/c1-17-24(32-16-19-5-3-2-4-6-19)23(25(30)31)28-22(27-17)15-18-11-13-29(14-12-18)21-9-7-20(26)8-10-21/h2-10,18H,11-16H2,1H3,(H,30,31). The highest BCUT2D eigenvalue weighted by Gasteiger charge is 2.24. The van der Waals surface area contributed by atoms with Crippen LogP contribution >= 0.6 is 15.9 Å². The van der Waals surface area contributed by atoms with Crippen LogP contribution in [-0.2, 0) is 13.0 Å². The van der Waals surface area contributed by atoms with Crippen molar-refractivity contribution in [3.8, 4) is 5.75 Å². The Morgan fingerprint density at radius 1 is 1.09 bits per heavy atom. The first-order chi connectivity index (χ1) is 15.5. The van der Waals surface area contributed by atoms with Gasteiger partial charge in [0.25, 0.3) is 0 Å². The molecule has 2 aromatic carbocycles. The fourth-order valence-electron chi connectivity index (χ4n) is 4.06. The maximum atomic E-state index is 11.9. The van der Waals surface area contributed by atoms with Crippen LogP contribution in [0.15, 0.2) is 59.1 Å². The fourth-order valence-corrected chi connectivity index (χ4v) is 4.33. The van der Waals surface area contributed by atoms with Crippen molar-refractivity contribution in [2.24, 2.45) is 5.92 Å². The Kier molecular flexibility index (Phi) is 7.05. The van der Waals surface area contributed by atoms with Crippen molar-refractivity contribution in [2.45, 2.75) is 32.8 Å². The van der Waals surface area contributed by atoms with E-state index >= 15 is 0 Å². The first kappa shape index (κ1) is 22.3. The lowest BCUT2D eigenvalue weighted by atomic mass is 9.93. The molecular weight excluding hydrogens is 470 g/mol. The number of aryl methyl sites for hydroxylation is 1. The third kappa shape index (κ3) is 5.46. The highest BCUT2D eigenvalue weighted by atomic mass is 79.9. The van der Waals surface area contributed by atoms with Gasteiger partial charge < -0.3 is 14.7 Å². The van der Waals surface area contributed by atoms with E-state index in [0.29, 0.717) is 23.9 Å². The van der Waals surface area contributed by atoms with E-state index in [1.807, 2.05) is 30.3 Å². The zero-order valence-corrected chi connectivity index (χ0v) is 19.6. The molecule has 1 fully saturated rings. The van der Waals surface area contributed by atoms with Gasteiger partial charge in [0.2, 0.25) is 0 Å². The van der Waals surface area contributed by atoms with Crippen molar-refractivity contribution in [1.29, 1.82) is 0 Å². The fraction of sp³-hybridized carbons (Fsp3) is 0.320. The number of halogens is 1. The van der Waals surface area contributed by atoms with Gasteiger partial charge in [-0.3, -0.25) is 0 Å². The van der Waals surface area contributed by atoms with Crippen molar-refractivity contribution >= 4 is 27.6 Å². The normalized spacial score (nSPS) is 14.4. The number of carbonyl (C=O) groups is 1. The van der Waals surface area contributed by atoms with E-state index in [0.717, 1.165) is 36.0 Å². The number of aromatic nitrogens is 2. The van der Waals surface area contributed by atoms with E-state index in [2.05, 4.69) is 55.1 Å². The number of carboxylic acid groups (broad SMARTS) is 1. The Balaban J connectivity index is 1.41. The van der Waals surface area contributed by atoms with E-state index in [-0.39, 0.29) is 18.1 Å². The van der Waals surface area contributed by atoms with Gasteiger partial charge in [0.05, 0.1) is 5.69 Å². The number of rotatable bonds is 7. The van der Waals surface area contributed by atoms with Crippen LogP contribution in [0.5, 0.6) is 5.75 Å². The second-order valence-corrected chi connectivity index (χ2v) is 9.01. The lowest BCUT2D eigenvalue weighted by Crippen LogP contribution is -2.34. The smallest absolute Gasteiger partial charge is 0.358 e. The Morgan fingerprint density at radius 3 is 2.44 bits per heavy atom. The number of nitrogens with zero attached hydrogens (tertiary/aromatic N) is 3. The molecule has 0 radical (unpaired) electrons. The summed E-state index contributed by atoms with van der Waals surface area (Å²) in [6.45, 7) is 4.00. The van der Waals surface area contributed by atoms with E-state index in [1.54, 1.807) is 6.92 Å². The van der Waals surface area contributed by atoms with Crippen LogP contribution < -0.4 is 9.64 Å². The molecule has 4 rings (SSSR count). The van der Waals surface area contributed by atoms with Crippen molar-refractivity contribution in [1.82, 2.24) is 9.97 Å². The molecule has 0 amide bonds. The third-order valence-corrected chi connectivity index (χ3v) is 6.32. The van der Waals surface area contributed by atoms with Crippen molar-refractivity contribution in [3.05, 3.63) is 81.8 Å². The highest BCUT2D eigenvalue weighted by molar-refractivity contribution is 9.10. The van der Waals surface area contributed by atoms with Gasteiger partial charge in [-0.15, -0.1) is 0 Å². The minimum atomic E-state index is -1.09. The van der Waals surface area contributed by atoms with Gasteiger partial charge in [0.1, 0.15) is 12.4 Å². The molecule has 7 heteroatoms. The average molecular weight is 496 g/mol. The first-order valence-electron chi connectivity index (χ1n) is 10.8. The van der Waals surface area contributed by atoms with E-state index in [4.69, 9.17) is 4.74 Å². The molecule has 0 spiro atoms. The summed E-state index contributed by atoms with van der Waals surface area (Å²) in [5.74, 6) is 0.160. The molecule has 6 nitrogen and oxygen atoms in total. The second kappa shape index (κ2) is 10.1. The first-order valence-corrected chi connectivity index (χ1v) is 11.6. The summed E-state index contributed by atoms with van der Waals surface area (Å²) >= 11 is 3.48.